The van der Waals surface area contributed by atoms with E-state index in [2.05, 4.69) is 39.6 Å². The molecular formula is C7H10BrNS. The highest BCUT2D eigenvalue weighted by atomic mass is 79.9. The predicted molar refractivity (Wildman–Crippen MR) is 49.5 cm³/mol. The van der Waals surface area contributed by atoms with E-state index in [1.165, 1.54) is 9.35 Å². The Morgan fingerprint density at radius 3 is 2.80 bits per heavy atom. The molecular weight excluding hydrogens is 210 g/mol. The van der Waals surface area contributed by atoms with Crippen LogP contribution in [-0.2, 0) is 0 Å². The van der Waals surface area contributed by atoms with Crippen LogP contribution in [0.15, 0.2) is 15.9 Å². The summed E-state index contributed by atoms with van der Waals surface area (Å²) in [5, 5.41) is 5.28. The topological polar surface area (TPSA) is 12.0 Å². The van der Waals surface area contributed by atoms with Gasteiger partial charge in [-0.3, -0.25) is 0 Å². The second-order valence-corrected chi connectivity index (χ2v) is 4.04. The van der Waals surface area contributed by atoms with Crippen LogP contribution >= 0.6 is 27.3 Å². The van der Waals surface area contributed by atoms with Crippen molar-refractivity contribution in [2.45, 2.75) is 13.0 Å². The number of halogens is 1. The second kappa shape index (κ2) is 3.51. The van der Waals surface area contributed by atoms with Gasteiger partial charge in [0, 0.05) is 20.8 Å². The lowest BCUT2D eigenvalue weighted by atomic mass is 10.3. The molecule has 0 bridgehead atoms. The highest BCUT2D eigenvalue weighted by Crippen LogP contribution is 2.24. The summed E-state index contributed by atoms with van der Waals surface area (Å²) < 4.78 is 1.18. The van der Waals surface area contributed by atoms with E-state index < -0.39 is 0 Å². The third-order valence-corrected chi connectivity index (χ3v) is 3.32. The monoisotopic (exact) mass is 219 g/mol. The van der Waals surface area contributed by atoms with Gasteiger partial charge < -0.3 is 5.32 Å². The molecule has 0 aromatic carbocycles. The van der Waals surface area contributed by atoms with Crippen molar-refractivity contribution in [1.82, 2.24) is 5.32 Å². The van der Waals surface area contributed by atoms with E-state index in [9.17, 15) is 0 Å². The molecule has 1 heterocycles. The smallest absolute Gasteiger partial charge is 0.0384 e. The summed E-state index contributed by atoms with van der Waals surface area (Å²) in [6.07, 6.45) is 0. The lowest BCUT2D eigenvalue weighted by molar-refractivity contribution is 0.664. The predicted octanol–water partition coefficient (Wildman–Crippen LogP) is 2.79. The van der Waals surface area contributed by atoms with Crippen molar-refractivity contribution in [3.63, 3.8) is 0 Å². The maximum Gasteiger partial charge on any atom is 0.0384 e. The van der Waals surface area contributed by atoms with E-state index in [0.717, 1.165) is 0 Å². The largest absolute Gasteiger partial charge is 0.313 e. The molecule has 0 aliphatic carbocycles. The Kier molecular flexibility index (Phi) is 2.89. The summed E-state index contributed by atoms with van der Waals surface area (Å²) in [5.74, 6) is 0. The Bertz CT molecular complexity index is 209. The Morgan fingerprint density at radius 2 is 2.40 bits per heavy atom. The zero-order valence-corrected chi connectivity index (χ0v) is 8.42. The Morgan fingerprint density at radius 1 is 1.70 bits per heavy atom. The SMILES string of the molecule is CNC(C)c1cc(Br)cs1. The molecule has 0 aliphatic heterocycles. The molecule has 1 nitrogen and oxygen atoms in total. The van der Waals surface area contributed by atoms with E-state index in [-0.39, 0.29) is 0 Å². The summed E-state index contributed by atoms with van der Waals surface area (Å²) in [6.45, 7) is 2.15. The highest BCUT2D eigenvalue weighted by molar-refractivity contribution is 9.10. The first-order chi connectivity index (χ1) is 4.74. The Balaban J connectivity index is 2.74. The number of hydrogen-bond acceptors (Lipinski definition) is 2. The molecule has 1 atom stereocenters. The van der Waals surface area contributed by atoms with Gasteiger partial charge in [-0.05, 0) is 36.0 Å². The van der Waals surface area contributed by atoms with E-state index in [1.807, 2.05) is 7.05 Å². The molecule has 0 amide bonds. The number of nitrogens with one attached hydrogen (secondary N) is 1. The van der Waals surface area contributed by atoms with Crippen LogP contribution in [0.25, 0.3) is 0 Å². The van der Waals surface area contributed by atoms with Crippen LogP contribution in [0.2, 0.25) is 0 Å². The molecule has 0 fully saturated rings. The van der Waals surface area contributed by atoms with Gasteiger partial charge in [0.25, 0.3) is 0 Å². The third-order valence-electron chi connectivity index (χ3n) is 1.45. The van der Waals surface area contributed by atoms with Gasteiger partial charge in [-0.1, -0.05) is 0 Å². The minimum absolute atomic E-state index is 0.469. The maximum absolute atomic E-state index is 3.41. The fraction of sp³-hybridized carbons (Fsp3) is 0.429. The highest BCUT2D eigenvalue weighted by Gasteiger charge is 2.03. The molecule has 1 N–H and O–H groups in total. The molecule has 56 valence electrons. The first-order valence-corrected chi connectivity index (χ1v) is 4.82. The normalized spacial score (nSPS) is 13.5. The van der Waals surface area contributed by atoms with E-state index in [1.54, 1.807) is 11.3 Å². The Hall–Kier alpha value is 0.140. The van der Waals surface area contributed by atoms with Gasteiger partial charge in [0.2, 0.25) is 0 Å². The van der Waals surface area contributed by atoms with Crippen molar-refractivity contribution in [1.29, 1.82) is 0 Å². The molecule has 3 heteroatoms. The molecule has 1 rings (SSSR count). The van der Waals surface area contributed by atoms with Crippen LogP contribution in [0.5, 0.6) is 0 Å². The van der Waals surface area contributed by atoms with Crippen molar-refractivity contribution in [3.8, 4) is 0 Å². The summed E-state index contributed by atoms with van der Waals surface area (Å²) in [6, 6.07) is 2.61. The lowest BCUT2D eigenvalue weighted by Crippen LogP contribution is -2.10. The van der Waals surface area contributed by atoms with Crippen molar-refractivity contribution < 1.29 is 0 Å². The van der Waals surface area contributed by atoms with Gasteiger partial charge >= 0.3 is 0 Å². The summed E-state index contributed by atoms with van der Waals surface area (Å²) in [5.41, 5.74) is 0. The van der Waals surface area contributed by atoms with E-state index in [4.69, 9.17) is 0 Å². The van der Waals surface area contributed by atoms with Crippen LogP contribution in [0.4, 0.5) is 0 Å². The van der Waals surface area contributed by atoms with Crippen molar-refractivity contribution >= 4 is 27.3 Å². The van der Waals surface area contributed by atoms with Gasteiger partial charge in [0.1, 0.15) is 0 Å². The molecule has 10 heavy (non-hydrogen) atoms. The minimum Gasteiger partial charge on any atom is -0.313 e. The number of rotatable bonds is 2. The van der Waals surface area contributed by atoms with E-state index >= 15 is 0 Å². The van der Waals surface area contributed by atoms with Crippen molar-refractivity contribution in [3.05, 3.63) is 20.8 Å². The van der Waals surface area contributed by atoms with Crippen molar-refractivity contribution in [2.24, 2.45) is 0 Å². The first-order valence-electron chi connectivity index (χ1n) is 3.15. The zero-order valence-electron chi connectivity index (χ0n) is 6.02. The third kappa shape index (κ3) is 1.81. The molecule has 0 saturated carbocycles. The fourth-order valence-corrected chi connectivity index (χ4v) is 2.21. The molecule has 0 saturated heterocycles. The zero-order chi connectivity index (χ0) is 7.56. The second-order valence-electron chi connectivity index (χ2n) is 2.18. The average molecular weight is 220 g/mol. The molecule has 0 radical (unpaired) electrons. The lowest BCUT2D eigenvalue weighted by Gasteiger charge is -2.05. The minimum atomic E-state index is 0.469. The number of thiophene rings is 1. The summed E-state index contributed by atoms with van der Waals surface area (Å²) in [7, 11) is 1.97. The molecule has 1 aromatic heterocycles. The van der Waals surface area contributed by atoms with Crippen LogP contribution in [0, 0.1) is 0 Å². The van der Waals surface area contributed by atoms with Gasteiger partial charge in [-0.15, -0.1) is 11.3 Å². The Labute approximate surface area is 73.6 Å². The van der Waals surface area contributed by atoms with Gasteiger partial charge in [0.05, 0.1) is 0 Å². The van der Waals surface area contributed by atoms with Gasteiger partial charge in [-0.25, -0.2) is 0 Å². The van der Waals surface area contributed by atoms with Crippen LogP contribution in [0.3, 0.4) is 0 Å². The van der Waals surface area contributed by atoms with Gasteiger partial charge in [-0.2, -0.15) is 0 Å². The van der Waals surface area contributed by atoms with E-state index in [0.29, 0.717) is 6.04 Å². The molecule has 0 spiro atoms. The molecule has 0 aliphatic rings. The quantitative estimate of drug-likeness (QED) is 0.808. The number of hydrogen-bond donors (Lipinski definition) is 1. The van der Waals surface area contributed by atoms with Crippen LogP contribution in [-0.4, -0.2) is 7.05 Å². The van der Waals surface area contributed by atoms with Crippen LogP contribution in [0.1, 0.15) is 17.8 Å². The van der Waals surface area contributed by atoms with Gasteiger partial charge in [0.15, 0.2) is 0 Å². The van der Waals surface area contributed by atoms with Crippen LogP contribution < -0.4 is 5.32 Å². The molecule has 1 unspecified atom stereocenters. The van der Waals surface area contributed by atoms with Crippen molar-refractivity contribution in [2.75, 3.05) is 7.05 Å². The summed E-state index contributed by atoms with van der Waals surface area (Å²) in [4.78, 5) is 1.37. The average Bonchev–Trinajstić information content (AvgIpc) is 2.34. The maximum atomic E-state index is 3.41. The fourth-order valence-electron chi connectivity index (χ4n) is 0.698. The summed E-state index contributed by atoms with van der Waals surface area (Å²) >= 11 is 5.19. The molecule has 1 aromatic rings. The first kappa shape index (κ1) is 8.24. The standard InChI is InChI=1S/C7H10BrNS/c1-5(9-2)7-3-6(8)4-10-7/h3-5,9H,1-2H3.